The predicted molar refractivity (Wildman–Crippen MR) is 63.0 cm³/mol. The number of likely N-dealkylation sites (tertiary alicyclic amines) is 1. The van der Waals surface area contributed by atoms with E-state index < -0.39 is 6.10 Å². The standard InChI is InChI=1S/C11H23N3O2/c1-2-10(15)7-13-11(16)8-14-5-3-9(12)4-6-14/h9-10,15H,2-8,12H2,1H3,(H,13,16). The maximum Gasteiger partial charge on any atom is 0.234 e. The van der Waals surface area contributed by atoms with Crippen LogP contribution in [0, 0.1) is 0 Å². The summed E-state index contributed by atoms with van der Waals surface area (Å²) in [5.41, 5.74) is 5.78. The zero-order valence-electron chi connectivity index (χ0n) is 9.98. The molecule has 1 amide bonds. The summed E-state index contributed by atoms with van der Waals surface area (Å²) in [6, 6.07) is 0.293. The second-order valence-corrected chi connectivity index (χ2v) is 4.48. The van der Waals surface area contributed by atoms with Crippen molar-refractivity contribution in [2.24, 2.45) is 5.73 Å². The third-order valence-corrected chi connectivity index (χ3v) is 3.01. The Bertz CT molecular complexity index is 215. The molecular weight excluding hydrogens is 206 g/mol. The van der Waals surface area contributed by atoms with Crippen LogP contribution in [0.15, 0.2) is 0 Å². The molecule has 5 heteroatoms. The lowest BCUT2D eigenvalue weighted by atomic mass is 10.1. The van der Waals surface area contributed by atoms with Crippen molar-refractivity contribution in [2.45, 2.75) is 38.3 Å². The van der Waals surface area contributed by atoms with Crippen molar-refractivity contribution in [1.29, 1.82) is 0 Å². The zero-order chi connectivity index (χ0) is 12.0. The van der Waals surface area contributed by atoms with Gasteiger partial charge in [-0.2, -0.15) is 0 Å². The van der Waals surface area contributed by atoms with E-state index >= 15 is 0 Å². The normalized spacial score (nSPS) is 20.7. The lowest BCUT2D eigenvalue weighted by Crippen LogP contribution is -2.45. The number of aliphatic hydroxyl groups excluding tert-OH is 1. The number of nitrogens with one attached hydrogen (secondary N) is 1. The Hall–Kier alpha value is -0.650. The monoisotopic (exact) mass is 229 g/mol. The molecule has 0 aromatic rings. The number of hydrogen-bond donors (Lipinski definition) is 3. The molecule has 1 rings (SSSR count). The van der Waals surface area contributed by atoms with Crippen LogP contribution in [0.3, 0.4) is 0 Å². The lowest BCUT2D eigenvalue weighted by molar-refractivity contribution is -0.123. The van der Waals surface area contributed by atoms with Gasteiger partial charge in [0.05, 0.1) is 12.6 Å². The van der Waals surface area contributed by atoms with Gasteiger partial charge in [0.15, 0.2) is 0 Å². The van der Waals surface area contributed by atoms with Gasteiger partial charge in [0.2, 0.25) is 5.91 Å². The molecule has 5 nitrogen and oxygen atoms in total. The van der Waals surface area contributed by atoms with Crippen molar-refractivity contribution in [3.05, 3.63) is 0 Å². The van der Waals surface area contributed by atoms with Crippen LogP contribution in [0.2, 0.25) is 0 Å². The first kappa shape index (κ1) is 13.4. The molecule has 0 aromatic carbocycles. The van der Waals surface area contributed by atoms with E-state index in [-0.39, 0.29) is 5.91 Å². The SMILES string of the molecule is CCC(O)CNC(=O)CN1CCC(N)CC1. The molecule has 0 bridgehead atoms. The maximum absolute atomic E-state index is 11.5. The number of amides is 1. The molecule has 1 fully saturated rings. The average Bonchev–Trinajstić information content (AvgIpc) is 2.29. The fourth-order valence-corrected chi connectivity index (χ4v) is 1.75. The molecule has 1 atom stereocenters. The zero-order valence-corrected chi connectivity index (χ0v) is 9.98. The summed E-state index contributed by atoms with van der Waals surface area (Å²) in [4.78, 5) is 13.6. The van der Waals surface area contributed by atoms with Gasteiger partial charge in [0.1, 0.15) is 0 Å². The van der Waals surface area contributed by atoms with Crippen LogP contribution >= 0.6 is 0 Å². The van der Waals surface area contributed by atoms with E-state index in [9.17, 15) is 9.90 Å². The summed E-state index contributed by atoms with van der Waals surface area (Å²) >= 11 is 0. The van der Waals surface area contributed by atoms with Crippen molar-refractivity contribution < 1.29 is 9.90 Å². The van der Waals surface area contributed by atoms with Crippen LogP contribution in [0.5, 0.6) is 0 Å². The molecule has 94 valence electrons. The Morgan fingerprint density at radius 2 is 2.19 bits per heavy atom. The minimum Gasteiger partial charge on any atom is -0.391 e. The largest absolute Gasteiger partial charge is 0.391 e. The molecule has 1 aliphatic heterocycles. The van der Waals surface area contributed by atoms with Crippen LogP contribution < -0.4 is 11.1 Å². The van der Waals surface area contributed by atoms with Crippen LogP contribution in [-0.4, -0.2) is 54.2 Å². The number of aliphatic hydroxyl groups is 1. The highest BCUT2D eigenvalue weighted by Crippen LogP contribution is 2.07. The van der Waals surface area contributed by atoms with E-state index in [0.29, 0.717) is 25.6 Å². The summed E-state index contributed by atoms with van der Waals surface area (Å²) in [6.45, 7) is 4.45. The number of carbonyl (C=O) groups is 1. The summed E-state index contributed by atoms with van der Waals surface area (Å²) in [6.07, 6.45) is 2.16. The van der Waals surface area contributed by atoms with Crippen molar-refractivity contribution in [3.8, 4) is 0 Å². The van der Waals surface area contributed by atoms with E-state index in [2.05, 4.69) is 10.2 Å². The Morgan fingerprint density at radius 1 is 1.56 bits per heavy atom. The molecule has 0 saturated carbocycles. The van der Waals surface area contributed by atoms with Crippen LogP contribution in [0.25, 0.3) is 0 Å². The minimum atomic E-state index is -0.432. The lowest BCUT2D eigenvalue weighted by Gasteiger charge is -2.29. The Labute approximate surface area is 97.0 Å². The van der Waals surface area contributed by atoms with E-state index in [4.69, 9.17) is 5.73 Å². The highest BCUT2D eigenvalue weighted by molar-refractivity contribution is 5.78. The van der Waals surface area contributed by atoms with E-state index in [1.807, 2.05) is 6.92 Å². The number of rotatable bonds is 5. The molecule has 1 aliphatic rings. The van der Waals surface area contributed by atoms with Gasteiger partial charge in [-0.15, -0.1) is 0 Å². The number of carbonyl (C=O) groups excluding carboxylic acids is 1. The van der Waals surface area contributed by atoms with Gasteiger partial charge in [0, 0.05) is 25.7 Å². The quantitative estimate of drug-likeness (QED) is 0.582. The molecule has 0 aliphatic carbocycles. The molecule has 0 spiro atoms. The molecule has 1 heterocycles. The molecule has 16 heavy (non-hydrogen) atoms. The van der Waals surface area contributed by atoms with Crippen molar-refractivity contribution >= 4 is 5.91 Å². The first-order chi connectivity index (χ1) is 7.61. The Kier molecular flexibility index (Phi) is 5.73. The minimum absolute atomic E-state index is 0.0111. The highest BCUT2D eigenvalue weighted by Gasteiger charge is 2.18. The number of piperidine rings is 1. The highest BCUT2D eigenvalue weighted by atomic mass is 16.3. The van der Waals surface area contributed by atoms with Crippen LogP contribution in [0.1, 0.15) is 26.2 Å². The fraction of sp³-hybridized carbons (Fsp3) is 0.909. The van der Waals surface area contributed by atoms with Gasteiger partial charge in [-0.1, -0.05) is 6.92 Å². The van der Waals surface area contributed by atoms with Crippen LogP contribution in [0.4, 0.5) is 0 Å². The summed E-state index contributed by atoms with van der Waals surface area (Å²) < 4.78 is 0. The molecule has 1 saturated heterocycles. The summed E-state index contributed by atoms with van der Waals surface area (Å²) in [5, 5.41) is 12.0. The first-order valence-corrected chi connectivity index (χ1v) is 6.04. The van der Waals surface area contributed by atoms with Crippen molar-refractivity contribution in [3.63, 3.8) is 0 Å². The van der Waals surface area contributed by atoms with E-state index in [0.717, 1.165) is 25.9 Å². The smallest absolute Gasteiger partial charge is 0.234 e. The number of nitrogens with two attached hydrogens (primary N) is 1. The van der Waals surface area contributed by atoms with Crippen LogP contribution in [-0.2, 0) is 4.79 Å². The molecule has 1 unspecified atom stereocenters. The Morgan fingerprint density at radius 3 is 2.75 bits per heavy atom. The average molecular weight is 229 g/mol. The van der Waals surface area contributed by atoms with Gasteiger partial charge in [0.25, 0.3) is 0 Å². The van der Waals surface area contributed by atoms with Gasteiger partial charge in [-0.05, 0) is 19.3 Å². The molecule has 0 radical (unpaired) electrons. The maximum atomic E-state index is 11.5. The van der Waals surface area contributed by atoms with E-state index in [1.165, 1.54) is 0 Å². The summed E-state index contributed by atoms with van der Waals surface area (Å²) in [7, 11) is 0. The molecular formula is C11H23N3O2. The van der Waals surface area contributed by atoms with Gasteiger partial charge < -0.3 is 16.2 Å². The van der Waals surface area contributed by atoms with E-state index in [1.54, 1.807) is 0 Å². The van der Waals surface area contributed by atoms with Crippen molar-refractivity contribution in [2.75, 3.05) is 26.2 Å². The molecule has 4 N–H and O–H groups in total. The fourth-order valence-electron chi connectivity index (χ4n) is 1.75. The second kappa shape index (κ2) is 6.83. The molecule has 0 aromatic heterocycles. The third-order valence-electron chi connectivity index (χ3n) is 3.01. The topological polar surface area (TPSA) is 78.6 Å². The number of hydrogen-bond acceptors (Lipinski definition) is 4. The number of nitrogens with zero attached hydrogens (tertiary/aromatic N) is 1. The van der Waals surface area contributed by atoms with Crippen molar-refractivity contribution in [1.82, 2.24) is 10.2 Å². The third kappa shape index (κ3) is 4.92. The van der Waals surface area contributed by atoms with Gasteiger partial charge >= 0.3 is 0 Å². The summed E-state index contributed by atoms with van der Waals surface area (Å²) in [5.74, 6) is -0.0111. The van der Waals surface area contributed by atoms with Gasteiger partial charge in [-0.25, -0.2) is 0 Å². The Balaban J connectivity index is 2.14. The second-order valence-electron chi connectivity index (χ2n) is 4.48. The predicted octanol–water partition coefficient (Wildman–Crippen LogP) is -0.703. The van der Waals surface area contributed by atoms with Gasteiger partial charge in [-0.3, -0.25) is 9.69 Å². The first-order valence-electron chi connectivity index (χ1n) is 6.04.